The number of sulfonamides is 1. The van der Waals surface area contributed by atoms with Crippen LogP contribution in [-0.4, -0.2) is 58.0 Å². The molecule has 8 heteroatoms. The van der Waals surface area contributed by atoms with E-state index in [1.54, 1.807) is 24.3 Å². The van der Waals surface area contributed by atoms with E-state index in [2.05, 4.69) is 10.2 Å². The van der Waals surface area contributed by atoms with Crippen molar-refractivity contribution in [3.8, 4) is 5.75 Å². The molecule has 2 aliphatic heterocycles. The molecule has 172 valence electrons. The van der Waals surface area contributed by atoms with E-state index < -0.39 is 10.0 Å². The first-order chi connectivity index (χ1) is 15.5. The van der Waals surface area contributed by atoms with Crippen LogP contribution in [0.15, 0.2) is 53.4 Å². The number of hydrogen-bond donors (Lipinski definition) is 1. The van der Waals surface area contributed by atoms with E-state index in [1.807, 2.05) is 24.3 Å². The molecule has 4 rings (SSSR count). The Labute approximate surface area is 190 Å². The van der Waals surface area contributed by atoms with Gasteiger partial charge in [0, 0.05) is 37.4 Å². The highest BCUT2D eigenvalue weighted by atomic mass is 32.2. The van der Waals surface area contributed by atoms with Crippen LogP contribution in [0.3, 0.4) is 0 Å². The number of anilines is 1. The van der Waals surface area contributed by atoms with Gasteiger partial charge >= 0.3 is 0 Å². The SMILES string of the molecule is O=C(NCCOc1ccc(S(=O)(=O)N2CCCC2)cc1)c1ccc(N2CCCCC2)cc1. The highest BCUT2D eigenvalue weighted by Crippen LogP contribution is 2.23. The molecule has 0 aromatic heterocycles. The number of ether oxygens (including phenoxy) is 1. The van der Waals surface area contributed by atoms with Crippen LogP contribution in [0.1, 0.15) is 42.5 Å². The van der Waals surface area contributed by atoms with Gasteiger partial charge in [0.25, 0.3) is 5.91 Å². The number of carbonyl (C=O) groups is 1. The van der Waals surface area contributed by atoms with Gasteiger partial charge in [-0.15, -0.1) is 0 Å². The van der Waals surface area contributed by atoms with Gasteiger partial charge in [-0.3, -0.25) is 4.79 Å². The summed E-state index contributed by atoms with van der Waals surface area (Å²) in [6.07, 6.45) is 5.56. The largest absolute Gasteiger partial charge is 0.492 e. The molecule has 2 heterocycles. The van der Waals surface area contributed by atoms with Crippen molar-refractivity contribution >= 4 is 21.6 Å². The number of nitrogens with one attached hydrogen (secondary N) is 1. The van der Waals surface area contributed by atoms with Crippen molar-refractivity contribution in [1.82, 2.24) is 9.62 Å². The molecule has 1 amide bonds. The van der Waals surface area contributed by atoms with Gasteiger partial charge < -0.3 is 15.0 Å². The minimum Gasteiger partial charge on any atom is -0.492 e. The Hall–Kier alpha value is -2.58. The maximum atomic E-state index is 12.6. The van der Waals surface area contributed by atoms with Crippen LogP contribution in [0, 0.1) is 0 Å². The minimum atomic E-state index is -3.42. The van der Waals surface area contributed by atoms with Crippen LogP contribution in [-0.2, 0) is 10.0 Å². The van der Waals surface area contributed by atoms with Gasteiger partial charge in [-0.2, -0.15) is 4.31 Å². The number of rotatable bonds is 8. The Morgan fingerprint density at radius 3 is 2.12 bits per heavy atom. The van der Waals surface area contributed by atoms with Crippen LogP contribution in [0.2, 0.25) is 0 Å². The van der Waals surface area contributed by atoms with Gasteiger partial charge in [-0.1, -0.05) is 0 Å². The Morgan fingerprint density at radius 1 is 0.844 bits per heavy atom. The lowest BCUT2D eigenvalue weighted by molar-refractivity contribution is 0.0947. The van der Waals surface area contributed by atoms with Gasteiger partial charge in [0.05, 0.1) is 11.4 Å². The highest BCUT2D eigenvalue weighted by Gasteiger charge is 2.26. The van der Waals surface area contributed by atoms with Gasteiger partial charge in [0.1, 0.15) is 12.4 Å². The van der Waals surface area contributed by atoms with E-state index in [-0.39, 0.29) is 10.8 Å². The average Bonchev–Trinajstić information content (AvgIpc) is 3.39. The third-order valence-corrected chi connectivity index (χ3v) is 7.95. The summed E-state index contributed by atoms with van der Waals surface area (Å²) in [6.45, 7) is 3.99. The molecule has 2 aromatic rings. The van der Waals surface area contributed by atoms with Gasteiger partial charge in [-0.25, -0.2) is 8.42 Å². The lowest BCUT2D eigenvalue weighted by Crippen LogP contribution is -2.30. The predicted octanol–water partition coefficient (Wildman–Crippen LogP) is 3.27. The van der Waals surface area contributed by atoms with Gasteiger partial charge in [0.15, 0.2) is 0 Å². The standard InChI is InChI=1S/C24H31N3O4S/c28-24(20-6-8-21(9-7-20)26-15-2-1-3-16-26)25-14-19-31-22-10-12-23(13-11-22)32(29,30)27-17-4-5-18-27/h6-13H,1-5,14-19H2,(H,25,28). The van der Waals surface area contributed by atoms with Crippen molar-refractivity contribution in [2.45, 2.75) is 37.0 Å². The number of piperidine rings is 1. The molecule has 32 heavy (non-hydrogen) atoms. The van der Waals surface area contributed by atoms with E-state index in [0.29, 0.717) is 37.6 Å². The van der Waals surface area contributed by atoms with Crippen molar-refractivity contribution in [2.24, 2.45) is 0 Å². The Bertz CT molecular complexity index is 995. The molecule has 7 nitrogen and oxygen atoms in total. The third-order valence-electron chi connectivity index (χ3n) is 6.03. The zero-order valence-corrected chi connectivity index (χ0v) is 19.1. The predicted molar refractivity (Wildman–Crippen MR) is 125 cm³/mol. The molecular formula is C24H31N3O4S. The molecule has 2 aromatic carbocycles. The molecule has 0 atom stereocenters. The Balaban J connectivity index is 1.22. The Morgan fingerprint density at radius 2 is 1.47 bits per heavy atom. The maximum Gasteiger partial charge on any atom is 0.251 e. The summed E-state index contributed by atoms with van der Waals surface area (Å²) in [5.74, 6) is 0.441. The van der Waals surface area contributed by atoms with Gasteiger partial charge in [-0.05, 0) is 80.6 Å². The second kappa shape index (κ2) is 10.4. The Kier molecular flexibility index (Phi) is 7.32. The van der Waals surface area contributed by atoms with E-state index in [0.717, 1.165) is 25.9 Å². The lowest BCUT2D eigenvalue weighted by atomic mass is 10.1. The first-order valence-electron chi connectivity index (χ1n) is 11.4. The molecule has 0 spiro atoms. The summed E-state index contributed by atoms with van der Waals surface area (Å²) in [5, 5.41) is 2.86. The molecule has 0 unspecified atom stereocenters. The van der Waals surface area contributed by atoms with E-state index in [4.69, 9.17) is 4.74 Å². The number of amides is 1. The molecule has 0 bridgehead atoms. The summed E-state index contributed by atoms with van der Waals surface area (Å²) in [5.41, 5.74) is 1.79. The molecule has 2 saturated heterocycles. The zero-order valence-electron chi connectivity index (χ0n) is 18.3. The molecule has 0 saturated carbocycles. The fourth-order valence-electron chi connectivity index (χ4n) is 4.20. The molecule has 1 N–H and O–H groups in total. The summed E-state index contributed by atoms with van der Waals surface area (Å²) < 4.78 is 32.3. The van der Waals surface area contributed by atoms with E-state index in [9.17, 15) is 13.2 Å². The highest BCUT2D eigenvalue weighted by molar-refractivity contribution is 7.89. The fourth-order valence-corrected chi connectivity index (χ4v) is 5.71. The van der Waals surface area contributed by atoms with Crippen molar-refractivity contribution in [2.75, 3.05) is 44.2 Å². The minimum absolute atomic E-state index is 0.133. The zero-order chi connectivity index (χ0) is 22.4. The average molecular weight is 458 g/mol. The quantitative estimate of drug-likeness (QED) is 0.616. The van der Waals surface area contributed by atoms with Crippen LogP contribution in [0.5, 0.6) is 5.75 Å². The number of hydrogen-bond acceptors (Lipinski definition) is 5. The first-order valence-corrected chi connectivity index (χ1v) is 12.8. The topological polar surface area (TPSA) is 78.9 Å². The van der Waals surface area contributed by atoms with Crippen molar-refractivity contribution in [3.63, 3.8) is 0 Å². The summed E-state index contributed by atoms with van der Waals surface area (Å²) in [4.78, 5) is 15.0. The second-order valence-electron chi connectivity index (χ2n) is 8.28. The molecular weight excluding hydrogens is 426 g/mol. The monoisotopic (exact) mass is 457 g/mol. The molecule has 0 radical (unpaired) electrons. The summed E-state index contributed by atoms with van der Waals surface area (Å²) >= 11 is 0. The van der Waals surface area contributed by atoms with Crippen LogP contribution >= 0.6 is 0 Å². The van der Waals surface area contributed by atoms with Crippen molar-refractivity contribution in [3.05, 3.63) is 54.1 Å². The number of benzene rings is 2. The van der Waals surface area contributed by atoms with Crippen molar-refractivity contribution < 1.29 is 17.9 Å². The van der Waals surface area contributed by atoms with Crippen LogP contribution < -0.4 is 15.0 Å². The molecule has 2 fully saturated rings. The third kappa shape index (κ3) is 5.42. The lowest BCUT2D eigenvalue weighted by Gasteiger charge is -2.28. The van der Waals surface area contributed by atoms with E-state index in [1.165, 1.54) is 29.3 Å². The molecule has 2 aliphatic rings. The maximum absolute atomic E-state index is 12.6. The number of carbonyl (C=O) groups excluding carboxylic acids is 1. The van der Waals surface area contributed by atoms with E-state index >= 15 is 0 Å². The molecule has 0 aliphatic carbocycles. The van der Waals surface area contributed by atoms with Crippen LogP contribution in [0.25, 0.3) is 0 Å². The second-order valence-corrected chi connectivity index (χ2v) is 10.2. The summed E-state index contributed by atoms with van der Waals surface area (Å²) in [7, 11) is -3.42. The number of nitrogens with zero attached hydrogens (tertiary/aromatic N) is 2. The smallest absolute Gasteiger partial charge is 0.251 e. The van der Waals surface area contributed by atoms with Crippen LogP contribution in [0.4, 0.5) is 5.69 Å². The fraction of sp³-hybridized carbons (Fsp3) is 0.458. The first kappa shape index (κ1) is 22.6. The normalized spacial score (nSPS) is 17.3. The summed E-state index contributed by atoms with van der Waals surface area (Å²) in [6, 6.07) is 14.2. The van der Waals surface area contributed by atoms with Crippen molar-refractivity contribution in [1.29, 1.82) is 0 Å². The van der Waals surface area contributed by atoms with Gasteiger partial charge in [0.2, 0.25) is 10.0 Å².